The van der Waals surface area contributed by atoms with Crippen molar-refractivity contribution in [1.82, 2.24) is 10.1 Å². The predicted octanol–water partition coefficient (Wildman–Crippen LogP) is 7.86. The Hall–Kier alpha value is -3.72. The first-order chi connectivity index (χ1) is 20.9. The van der Waals surface area contributed by atoms with Crippen molar-refractivity contribution in [2.45, 2.75) is 50.7 Å². The van der Waals surface area contributed by atoms with Crippen molar-refractivity contribution in [3.05, 3.63) is 87.9 Å². The van der Waals surface area contributed by atoms with Crippen LogP contribution in [0.25, 0.3) is 22.4 Å². The van der Waals surface area contributed by atoms with Crippen LogP contribution in [0.4, 0.5) is 5.69 Å². The van der Waals surface area contributed by atoms with Crippen LogP contribution in [-0.2, 0) is 16.1 Å². The lowest BCUT2D eigenvalue weighted by atomic mass is 9.56. The van der Waals surface area contributed by atoms with Gasteiger partial charge in [-0.1, -0.05) is 40.5 Å². The van der Waals surface area contributed by atoms with Crippen LogP contribution in [0.5, 0.6) is 0 Å². The van der Waals surface area contributed by atoms with Crippen molar-refractivity contribution in [2.24, 2.45) is 17.8 Å². The minimum Gasteiger partial charge on any atom is -0.478 e. The second-order valence-electron chi connectivity index (χ2n) is 11.8. The molecule has 2 aromatic heterocycles. The van der Waals surface area contributed by atoms with Crippen LogP contribution in [0.3, 0.4) is 0 Å². The second kappa shape index (κ2) is 11.4. The van der Waals surface area contributed by atoms with Crippen molar-refractivity contribution >= 4 is 40.8 Å². The monoisotopic (exact) mass is 617 g/mol. The first-order valence-electron chi connectivity index (χ1n) is 14.5. The molecular weight excluding hydrogens is 589 g/mol. The normalized spacial score (nSPS) is 22.6. The summed E-state index contributed by atoms with van der Waals surface area (Å²) in [6.07, 6.45) is 7.98. The third-order valence-corrected chi connectivity index (χ3v) is 9.56. The maximum absolute atomic E-state index is 13.4. The number of hydrogen-bond acceptors (Lipinski definition) is 6. The molecule has 4 aliphatic rings. The second-order valence-corrected chi connectivity index (χ2v) is 12.6. The largest absolute Gasteiger partial charge is 0.478 e. The van der Waals surface area contributed by atoms with Gasteiger partial charge in [-0.05, 0) is 85.9 Å². The minimum atomic E-state index is -1.06. The molecule has 1 amide bonds. The number of pyridine rings is 1. The Bertz CT molecular complexity index is 1670. The van der Waals surface area contributed by atoms with E-state index in [1.807, 2.05) is 6.07 Å². The summed E-state index contributed by atoms with van der Waals surface area (Å²) >= 11 is 13.0. The van der Waals surface area contributed by atoms with Crippen molar-refractivity contribution < 1.29 is 24.0 Å². The Kier molecular flexibility index (Phi) is 7.45. The zero-order valence-electron chi connectivity index (χ0n) is 23.1. The number of rotatable bonds is 9. The van der Waals surface area contributed by atoms with Crippen LogP contribution in [0.1, 0.15) is 59.7 Å². The number of carboxylic acid groups (broad SMARTS) is 1. The number of aromatic nitrogens is 2. The number of fused-ring (bicyclic) bond motifs is 2. The summed E-state index contributed by atoms with van der Waals surface area (Å²) in [6, 6.07) is 13.9. The Morgan fingerprint density at radius 2 is 1.77 bits per heavy atom. The molecule has 0 radical (unpaired) electrons. The summed E-state index contributed by atoms with van der Waals surface area (Å²) in [5.74, 6) is 0.319. The molecule has 43 heavy (non-hydrogen) atoms. The molecule has 2 bridgehead atoms. The van der Waals surface area contributed by atoms with E-state index in [0.717, 1.165) is 49.0 Å². The van der Waals surface area contributed by atoms with Crippen molar-refractivity contribution in [3.63, 3.8) is 0 Å². The average molecular weight is 619 g/mol. The molecular formula is C33H29Cl2N3O5. The van der Waals surface area contributed by atoms with E-state index < -0.39 is 5.97 Å². The van der Waals surface area contributed by atoms with Gasteiger partial charge in [0.15, 0.2) is 0 Å². The van der Waals surface area contributed by atoms with E-state index >= 15 is 0 Å². The first kappa shape index (κ1) is 28.1. The molecule has 220 valence electrons. The molecule has 0 saturated heterocycles. The smallest absolute Gasteiger partial charge is 0.335 e. The number of carbonyl (C=O) groups excluding carboxylic acids is 1. The van der Waals surface area contributed by atoms with Gasteiger partial charge in [0.05, 0.1) is 28.3 Å². The van der Waals surface area contributed by atoms with Crippen LogP contribution in [0.15, 0.2) is 65.4 Å². The third kappa shape index (κ3) is 5.55. The maximum Gasteiger partial charge on any atom is 0.335 e. The van der Waals surface area contributed by atoms with Gasteiger partial charge in [0, 0.05) is 46.6 Å². The van der Waals surface area contributed by atoms with E-state index in [9.17, 15) is 14.7 Å². The van der Waals surface area contributed by atoms with Crippen molar-refractivity contribution in [3.8, 4) is 22.4 Å². The van der Waals surface area contributed by atoms with Crippen LogP contribution in [0, 0.1) is 17.8 Å². The molecule has 10 heteroatoms. The number of halogens is 2. The quantitative estimate of drug-likeness (QED) is 0.196. The number of nitrogens with one attached hydrogen (secondary N) is 1. The van der Waals surface area contributed by atoms with Gasteiger partial charge in [0.25, 0.3) is 0 Å². The molecule has 2 unspecified atom stereocenters. The minimum absolute atomic E-state index is 0.0110. The number of hydrogen-bond donors (Lipinski definition) is 2. The Labute approximate surface area is 258 Å². The fraction of sp³-hybridized carbons (Fsp3) is 0.333. The molecule has 4 aliphatic carbocycles. The van der Waals surface area contributed by atoms with E-state index in [4.69, 9.17) is 32.5 Å². The number of anilines is 1. The summed E-state index contributed by atoms with van der Waals surface area (Å²) < 4.78 is 12.2. The van der Waals surface area contributed by atoms with Gasteiger partial charge in [0.2, 0.25) is 5.91 Å². The lowest BCUT2D eigenvalue weighted by molar-refractivity contribution is -0.142. The van der Waals surface area contributed by atoms with Gasteiger partial charge in [0.1, 0.15) is 11.5 Å². The molecule has 2 atom stereocenters. The summed E-state index contributed by atoms with van der Waals surface area (Å²) in [5.41, 5.74) is 4.21. The Morgan fingerprint density at radius 3 is 2.44 bits per heavy atom. The van der Waals surface area contributed by atoms with E-state index in [1.54, 1.807) is 48.8 Å². The van der Waals surface area contributed by atoms with Gasteiger partial charge in [-0.2, -0.15) is 0 Å². The fourth-order valence-electron chi connectivity index (χ4n) is 6.69. The van der Waals surface area contributed by atoms with Gasteiger partial charge >= 0.3 is 5.97 Å². The molecule has 2 N–H and O–H groups in total. The van der Waals surface area contributed by atoms with Gasteiger partial charge in [-0.15, -0.1) is 0 Å². The summed E-state index contributed by atoms with van der Waals surface area (Å²) in [4.78, 5) is 29.4. The summed E-state index contributed by atoms with van der Waals surface area (Å²) in [5, 5.41) is 18.0. The number of benzene rings is 2. The number of carboxylic acids is 1. The Morgan fingerprint density at radius 1 is 1.00 bits per heavy atom. The number of aromatic carboxylic acids is 1. The molecule has 0 aliphatic heterocycles. The van der Waals surface area contributed by atoms with Gasteiger partial charge < -0.3 is 19.7 Å². The highest BCUT2D eigenvalue weighted by molar-refractivity contribution is 6.39. The molecule has 4 fully saturated rings. The molecule has 8 rings (SSSR count). The molecule has 4 saturated carbocycles. The first-order valence-corrected chi connectivity index (χ1v) is 15.3. The number of nitrogens with zero attached hydrogens (tertiary/aromatic N) is 2. The van der Waals surface area contributed by atoms with Gasteiger partial charge in [-0.3, -0.25) is 9.78 Å². The summed E-state index contributed by atoms with van der Waals surface area (Å²) in [6.45, 7) is 0.340. The maximum atomic E-state index is 13.4. The average Bonchev–Trinajstić information content (AvgIpc) is 3.76. The number of amides is 1. The summed E-state index contributed by atoms with van der Waals surface area (Å²) in [7, 11) is 0. The van der Waals surface area contributed by atoms with Crippen LogP contribution in [0.2, 0.25) is 10.0 Å². The number of ether oxygens (including phenoxy) is 1. The lowest BCUT2D eigenvalue weighted by Crippen LogP contribution is -2.51. The van der Waals surface area contributed by atoms with Crippen molar-refractivity contribution in [2.75, 3.05) is 5.32 Å². The van der Waals surface area contributed by atoms with Crippen molar-refractivity contribution in [1.29, 1.82) is 0 Å². The van der Waals surface area contributed by atoms with E-state index in [1.165, 1.54) is 6.07 Å². The fourth-order valence-corrected chi connectivity index (χ4v) is 7.27. The van der Waals surface area contributed by atoms with Crippen LogP contribution in [-0.4, -0.2) is 33.2 Å². The molecule has 4 aromatic rings. The zero-order chi connectivity index (χ0) is 29.7. The SMILES string of the molecule is O=C(O)c1cc(NC(=O)C2C3CC(OCc4c(-c5c(Cl)cccc5Cl)noc4C4CC4)CC2C3)cc(-c2cccnc2)c1. The highest BCUT2D eigenvalue weighted by Gasteiger charge is 2.51. The lowest BCUT2D eigenvalue weighted by Gasteiger charge is -2.51. The molecule has 0 spiro atoms. The molecule has 8 nitrogen and oxygen atoms in total. The topological polar surface area (TPSA) is 115 Å². The zero-order valence-corrected chi connectivity index (χ0v) is 24.6. The van der Waals surface area contributed by atoms with Crippen LogP contribution >= 0.6 is 23.2 Å². The predicted molar refractivity (Wildman–Crippen MR) is 162 cm³/mol. The molecule has 2 aromatic carbocycles. The van der Waals surface area contributed by atoms with E-state index in [2.05, 4.69) is 15.5 Å². The highest BCUT2D eigenvalue weighted by Crippen LogP contribution is 2.52. The van der Waals surface area contributed by atoms with Crippen LogP contribution < -0.4 is 5.32 Å². The van der Waals surface area contributed by atoms with Gasteiger partial charge in [-0.25, -0.2) is 4.79 Å². The number of carbonyl (C=O) groups is 2. The Balaban J connectivity index is 1.03. The highest BCUT2D eigenvalue weighted by atomic mass is 35.5. The third-order valence-electron chi connectivity index (χ3n) is 8.93. The molecule has 2 heterocycles. The van der Waals surface area contributed by atoms with E-state index in [-0.39, 0.29) is 35.3 Å². The standard InChI is InChI=1S/C33H29Cl2N3O5/c34-26-4-1-5-27(35)29(26)30-25(31(43-38-30)17-6-7-17)16-42-24-13-20-10-21(14-24)28(20)32(39)37-23-11-19(9-22(12-23)33(40)41)18-3-2-8-36-15-18/h1-5,8-9,11-12,15,17,20-21,24,28H,6-7,10,13-14,16H2,(H,37,39)(H,40,41). The van der Waals surface area contributed by atoms with E-state index in [0.29, 0.717) is 45.1 Å².